The molecule has 0 saturated carbocycles. The Balaban J connectivity index is 4.77. The number of rotatable bonds is 3. The Hall–Kier alpha value is 0. The highest BCUT2D eigenvalue weighted by atomic mass is 14.4. The predicted molar refractivity (Wildman–Crippen MR) is 66.4 cm³/mol. The van der Waals surface area contributed by atoms with Crippen LogP contribution in [0.25, 0.3) is 0 Å². The van der Waals surface area contributed by atoms with Gasteiger partial charge in [-0.1, -0.05) is 62.3 Å². The summed E-state index contributed by atoms with van der Waals surface area (Å²) in [5.74, 6) is 2.29. The third-order valence-corrected chi connectivity index (χ3v) is 4.59. The van der Waals surface area contributed by atoms with Gasteiger partial charge in [0.2, 0.25) is 0 Å². The van der Waals surface area contributed by atoms with E-state index in [1.807, 2.05) is 0 Å². The van der Waals surface area contributed by atoms with Crippen molar-refractivity contribution in [3.63, 3.8) is 0 Å². The topological polar surface area (TPSA) is 0 Å². The van der Waals surface area contributed by atoms with Crippen molar-refractivity contribution in [3.05, 3.63) is 0 Å². The van der Waals surface area contributed by atoms with E-state index < -0.39 is 0 Å². The lowest BCUT2D eigenvalue weighted by Gasteiger charge is -2.46. The summed E-state index contributed by atoms with van der Waals surface area (Å²) < 4.78 is 0. The van der Waals surface area contributed by atoms with E-state index in [4.69, 9.17) is 0 Å². The van der Waals surface area contributed by atoms with Gasteiger partial charge >= 0.3 is 0 Å². The van der Waals surface area contributed by atoms with Gasteiger partial charge in [-0.25, -0.2) is 0 Å². The molecule has 0 aliphatic carbocycles. The van der Waals surface area contributed by atoms with E-state index in [9.17, 15) is 0 Å². The van der Waals surface area contributed by atoms with Crippen LogP contribution in [0, 0.1) is 28.6 Å². The van der Waals surface area contributed by atoms with Crippen molar-refractivity contribution < 1.29 is 0 Å². The van der Waals surface area contributed by atoms with Crippen LogP contribution >= 0.6 is 0 Å². The van der Waals surface area contributed by atoms with Crippen molar-refractivity contribution in [2.75, 3.05) is 0 Å². The molecule has 0 bridgehead atoms. The van der Waals surface area contributed by atoms with Crippen LogP contribution in [-0.2, 0) is 0 Å². The first-order valence-electron chi connectivity index (χ1n) is 6.01. The zero-order chi connectivity index (χ0) is 11.7. The van der Waals surface area contributed by atoms with E-state index >= 15 is 0 Å². The zero-order valence-corrected chi connectivity index (χ0v) is 11.7. The molecule has 0 spiro atoms. The van der Waals surface area contributed by atoms with Gasteiger partial charge in [0.25, 0.3) is 0 Å². The lowest BCUT2D eigenvalue weighted by molar-refractivity contribution is 0.0320. The van der Waals surface area contributed by atoms with E-state index in [2.05, 4.69) is 62.3 Å². The van der Waals surface area contributed by atoms with Gasteiger partial charge in [-0.3, -0.25) is 0 Å². The fraction of sp³-hybridized carbons (Fsp3) is 1.00. The monoisotopic (exact) mass is 198 g/mol. The van der Waals surface area contributed by atoms with Crippen molar-refractivity contribution in [2.45, 2.75) is 62.3 Å². The minimum Gasteiger partial charge on any atom is -0.0625 e. The van der Waals surface area contributed by atoms with Gasteiger partial charge in [-0.2, -0.15) is 0 Å². The summed E-state index contributed by atoms with van der Waals surface area (Å²) in [5, 5.41) is 0. The van der Waals surface area contributed by atoms with Crippen LogP contribution in [0.5, 0.6) is 0 Å². The first-order valence-corrected chi connectivity index (χ1v) is 6.01. The van der Waals surface area contributed by atoms with Crippen molar-refractivity contribution in [1.29, 1.82) is 0 Å². The second kappa shape index (κ2) is 4.24. The first kappa shape index (κ1) is 14.0. The molecular formula is C14H30. The van der Waals surface area contributed by atoms with Gasteiger partial charge in [0.05, 0.1) is 0 Å². The minimum atomic E-state index is 0.409. The molecule has 0 heteroatoms. The normalized spacial score (nSPS) is 18.4. The third-order valence-electron chi connectivity index (χ3n) is 4.59. The molecule has 0 nitrogen and oxygen atoms in total. The van der Waals surface area contributed by atoms with E-state index in [1.54, 1.807) is 0 Å². The van der Waals surface area contributed by atoms with Gasteiger partial charge in [0.15, 0.2) is 0 Å². The second-order valence-corrected chi connectivity index (χ2v) is 6.94. The molecule has 14 heavy (non-hydrogen) atoms. The van der Waals surface area contributed by atoms with Crippen LogP contribution in [0.1, 0.15) is 62.3 Å². The molecule has 0 fully saturated rings. The average molecular weight is 198 g/mol. The SMILES string of the molecule is CC(C)C(C)C(C)(C)C(C)C(C)(C)C. The highest BCUT2D eigenvalue weighted by molar-refractivity contribution is 4.88. The maximum absolute atomic E-state index is 2.42. The Morgan fingerprint density at radius 1 is 0.714 bits per heavy atom. The van der Waals surface area contributed by atoms with Crippen LogP contribution in [0.4, 0.5) is 0 Å². The molecule has 0 aromatic rings. The summed E-state index contributed by atoms with van der Waals surface area (Å²) in [6.07, 6.45) is 0. The molecule has 2 unspecified atom stereocenters. The maximum Gasteiger partial charge on any atom is -0.0295 e. The van der Waals surface area contributed by atoms with Crippen molar-refractivity contribution in [2.24, 2.45) is 28.6 Å². The fourth-order valence-corrected chi connectivity index (χ4v) is 2.37. The smallest absolute Gasteiger partial charge is 0.0295 e. The first-order chi connectivity index (χ1) is 6.01. The molecule has 0 aliphatic heterocycles. The molecule has 86 valence electrons. The highest BCUT2D eigenvalue weighted by Crippen LogP contribution is 2.46. The Labute approximate surface area is 91.5 Å². The third kappa shape index (κ3) is 3.00. The zero-order valence-electron chi connectivity index (χ0n) is 11.7. The van der Waals surface area contributed by atoms with E-state index in [-0.39, 0.29) is 0 Å². The Morgan fingerprint density at radius 3 is 1.29 bits per heavy atom. The molecule has 0 rings (SSSR count). The summed E-state index contributed by atoms with van der Waals surface area (Å²) in [7, 11) is 0. The molecule has 0 aromatic heterocycles. The summed E-state index contributed by atoms with van der Waals surface area (Å²) >= 11 is 0. The molecule has 0 aliphatic rings. The standard InChI is InChI=1S/C14H30/c1-10(2)11(3)14(8,9)12(4)13(5,6)7/h10-12H,1-9H3. The lowest BCUT2D eigenvalue weighted by Crippen LogP contribution is -2.38. The summed E-state index contributed by atoms with van der Waals surface area (Å²) in [4.78, 5) is 0. The minimum absolute atomic E-state index is 0.409. The second-order valence-electron chi connectivity index (χ2n) is 6.94. The average Bonchev–Trinajstić information content (AvgIpc) is 1.99. The Morgan fingerprint density at radius 2 is 1.07 bits per heavy atom. The van der Waals surface area contributed by atoms with Crippen LogP contribution in [0.2, 0.25) is 0 Å². The summed E-state index contributed by atoms with van der Waals surface area (Å²) in [6.45, 7) is 21.4. The van der Waals surface area contributed by atoms with Crippen LogP contribution in [0.3, 0.4) is 0 Å². The van der Waals surface area contributed by atoms with Gasteiger partial charge in [-0.15, -0.1) is 0 Å². The molecule has 0 radical (unpaired) electrons. The summed E-state index contributed by atoms with van der Waals surface area (Å²) in [5.41, 5.74) is 0.832. The molecule has 0 N–H and O–H groups in total. The molecular weight excluding hydrogens is 168 g/mol. The van der Waals surface area contributed by atoms with Gasteiger partial charge in [-0.05, 0) is 28.6 Å². The Kier molecular flexibility index (Phi) is 4.24. The van der Waals surface area contributed by atoms with Crippen molar-refractivity contribution >= 4 is 0 Å². The van der Waals surface area contributed by atoms with Crippen LogP contribution in [-0.4, -0.2) is 0 Å². The highest BCUT2D eigenvalue weighted by Gasteiger charge is 2.39. The van der Waals surface area contributed by atoms with Crippen LogP contribution < -0.4 is 0 Å². The molecule has 0 amide bonds. The molecule has 0 aromatic carbocycles. The predicted octanol–water partition coefficient (Wildman–Crippen LogP) is 4.99. The van der Waals surface area contributed by atoms with Crippen molar-refractivity contribution in [3.8, 4) is 0 Å². The van der Waals surface area contributed by atoms with Crippen LogP contribution in [0.15, 0.2) is 0 Å². The van der Waals surface area contributed by atoms with E-state index in [0.717, 1.165) is 17.8 Å². The quantitative estimate of drug-likeness (QED) is 0.599. The van der Waals surface area contributed by atoms with E-state index in [1.165, 1.54) is 0 Å². The van der Waals surface area contributed by atoms with Gasteiger partial charge < -0.3 is 0 Å². The Bertz CT molecular complexity index is 169. The van der Waals surface area contributed by atoms with Gasteiger partial charge in [0, 0.05) is 0 Å². The fourth-order valence-electron chi connectivity index (χ4n) is 2.37. The number of hydrogen-bond donors (Lipinski definition) is 0. The largest absolute Gasteiger partial charge is 0.0625 e. The molecule has 2 atom stereocenters. The maximum atomic E-state index is 2.42. The van der Waals surface area contributed by atoms with Crippen molar-refractivity contribution in [1.82, 2.24) is 0 Å². The summed E-state index contributed by atoms with van der Waals surface area (Å²) in [6, 6.07) is 0. The lowest BCUT2D eigenvalue weighted by atomic mass is 9.59. The molecule has 0 heterocycles. The van der Waals surface area contributed by atoms with E-state index in [0.29, 0.717) is 10.8 Å². The van der Waals surface area contributed by atoms with Gasteiger partial charge in [0.1, 0.15) is 0 Å². The number of hydrogen-bond acceptors (Lipinski definition) is 0. The molecule has 0 saturated heterocycles.